The van der Waals surface area contributed by atoms with Gasteiger partial charge in [-0.1, -0.05) is 35.5 Å². The number of ether oxygens (including phenoxy) is 1. The second-order valence-electron chi connectivity index (χ2n) is 7.02. The molecule has 7 heteroatoms. The van der Waals surface area contributed by atoms with Crippen molar-refractivity contribution in [3.8, 4) is 17.1 Å². The molecule has 0 bridgehead atoms. The van der Waals surface area contributed by atoms with Crippen LogP contribution in [0.15, 0.2) is 81.9 Å². The van der Waals surface area contributed by atoms with E-state index < -0.39 is 0 Å². The standard InChI is InChI=1S/C24H23N3O4/c1-29-19-14-12-18(13-15-19)24-26-22(31-27-24)11-5-10-21(28)25-23(20-9-6-16-30-20)17-7-3-2-4-8-17/h2-4,6-9,12-16,23H,5,10-11H2,1H3,(H,25,28). The third-order valence-corrected chi connectivity index (χ3v) is 4.88. The summed E-state index contributed by atoms with van der Waals surface area (Å²) in [4.78, 5) is 17.0. The van der Waals surface area contributed by atoms with Crippen molar-refractivity contribution < 1.29 is 18.5 Å². The fraction of sp³-hybridized carbons (Fsp3) is 0.208. The molecule has 7 nitrogen and oxygen atoms in total. The zero-order valence-corrected chi connectivity index (χ0v) is 17.2. The second-order valence-corrected chi connectivity index (χ2v) is 7.02. The molecule has 158 valence electrons. The average Bonchev–Trinajstić information content (AvgIpc) is 3.51. The van der Waals surface area contributed by atoms with Gasteiger partial charge in [-0.2, -0.15) is 4.98 Å². The second kappa shape index (κ2) is 9.75. The van der Waals surface area contributed by atoms with E-state index in [1.165, 1.54) is 0 Å². The molecule has 0 saturated heterocycles. The Morgan fingerprint density at radius 3 is 2.58 bits per heavy atom. The summed E-state index contributed by atoms with van der Waals surface area (Å²) in [5.41, 5.74) is 1.81. The largest absolute Gasteiger partial charge is 0.497 e. The number of furan rings is 1. The first-order valence-corrected chi connectivity index (χ1v) is 10.1. The van der Waals surface area contributed by atoms with E-state index >= 15 is 0 Å². The van der Waals surface area contributed by atoms with Crippen molar-refractivity contribution in [2.75, 3.05) is 7.11 Å². The van der Waals surface area contributed by atoms with Gasteiger partial charge in [0.15, 0.2) is 0 Å². The van der Waals surface area contributed by atoms with Crippen molar-refractivity contribution in [3.05, 3.63) is 90.2 Å². The van der Waals surface area contributed by atoms with Crippen LogP contribution in [0.2, 0.25) is 0 Å². The summed E-state index contributed by atoms with van der Waals surface area (Å²) < 4.78 is 16.0. The number of hydrogen-bond acceptors (Lipinski definition) is 6. The van der Waals surface area contributed by atoms with E-state index in [-0.39, 0.29) is 11.9 Å². The molecule has 2 aromatic heterocycles. The molecule has 2 heterocycles. The fourth-order valence-electron chi connectivity index (χ4n) is 3.27. The van der Waals surface area contributed by atoms with Crippen molar-refractivity contribution in [2.24, 2.45) is 0 Å². The fourth-order valence-corrected chi connectivity index (χ4v) is 3.27. The zero-order valence-electron chi connectivity index (χ0n) is 17.2. The van der Waals surface area contributed by atoms with Crippen LogP contribution in [-0.2, 0) is 11.2 Å². The van der Waals surface area contributed by atoms with Gasteiger partial charge in [-0.05, 0) is 48.4 Å². The first kappa shape index (κ1) is 20.4. The number of methoxy groups -OCH3 is 1. The monoisotopic (exact) mass is 417 g/mol. The molecule has 31 heavy (non-hydrogen) atoms. The van der Waals surface area contributed by atoms with Gasteiger partial charge in [0, 0.05) is 18.4 Å². The molecule has 0 aliphatic rings. The number of aromatic nitrogens is 2. The van der Waals surface area contributed by atoms with E-state index in [4.69, 9.17) is 13.7 Å². The number of carbonyl (C=O) groups is 1. The highest BCUT2D eigenvalue weighted by Gasteiger charge is 2.19. The predicted molar refractivity (Wildman–Crippen MR) is 114 cm³/mol. The molecule has 0 aliphatic heterocycles. The smallest absolute Gasteiger partial charge is 0.226 e. The number of carbonyl (C=O) groups excluding carboxylic acids is 1. The van der Waals surface area contributed by atoms with Crippen molar-refractivity contribution in [2.45, 2.75) is 25.3 Å². The number of hydrogen-bond donors (Lipinski definition) is 1. The van der Waals surface area contributed by atoms with E-state index in [1.54, 1.807) is 13.4 Å². The molecular formula is C24H23N3O4. The van der Waals surface area contributed by atoms with Gasteiger partial charge in [0.05, 0.1) is 13.4 Å². The van der Waals surface area contributed by atoms with E-state index in [1.807, 2.05) is 66.7 Å². The van der Waals surface area contributed by atoms with Crippen LogP contribution in [0.4, 0.5) is 0 Å². The summed E-state index contributed by atoms with van der Waals surface area (Å²) in [6, 6.07) is 20.5. The molecule has 0 spiro atoms. The zero-order chi connectivity index (χ0) is 21.5. The minimum Gasteiger partial charge on any atom is -0.497 e. The highest BCUT2D eigenvalue weighted by molar-refractivity contribution is 5.76. The Kier molecular flexibility index (Phi) is 6.42. The first-order valence-electron chi connectivity index (χ1n) is 10.1. The van der Waals surface area contributed by atoms with Crippen LogP contribution in [-0.4, -0.2) is 23.2 Å². The molecule has 0 radical (unpaired) electrons. The highest BCUT2D eigenvalue weighted by Crippen LogP contribution is 2.23. The summed E-state index contributed by atoms with van der Waals surface area (Å²) in [6.45, 7) is 0. The van der Waals surface area contributed by atoms with Gasteiger partial charge in [-0.15, -0.1) is 0 Å². The van der Waals surface area contributed by atoms with E-state index in [9.17, 15) is 4.79 Å². The Morgan fingerprint density at radius 1 is 1.06 bits per heavy atom. The molecule has 1 N–H and O–H groups in total. The Bertz CT molecular complexity index is 1090. The lowest BCUT2D eigenvalue weighted by molar-refractivity contribution is -0.121. The minimum atomic E-state index is -0.325. The summed E-state index contributed by atoms with van der Waals surface area (Å²) >= 11 is 0. The van der Waals surface area contributed by atoms with Gasteiger partial charge in [0.1, 0.15) is 17.6 Å². The quantitative estimate of drug-likeness (QED) is 0.429. The van der Waals surface area contributed by atoms with Crippen LogP contribution in [0.5, 0.6) is 5.75 Å². The Morgan fingerprint density at radius 2 is 1.87 bits per heavy atom. The van der Waals surface area contributed by atoms with Gasteiger partial charge in [-0.3, -0.25) is 4.79 Å². The van der Waals surface area contributed by atoms with Crippen LogP contribution < -0.4 is 10.1 Å². The molecule has 0 aliphatic carbocycles. The topological polar surface area (TPSA) is 90.4 Å². The van der Waals surface area contributed by atoms with Gasteiger partial charge in [0.25, 0.3) is 0 Å². The van der Waals surface area contributed by atoms with Crippen LogP contribution >= 0.6 is 0 Å². The maximum atomic E-state index is 12.6. The van der Waals surface area contributed by atoms with Crippen LogP contribution in [0.1, 0.15) is 36.1 Å². The number of aryl methyl sites for hydroxylation is 1. The molecule has 2 aromatic carbocycles. The molecule has 0 saturated carbocycles. The average molecular weight is 417 g/mol. The molecule has 1 unspecified atom stereocenters. The maximum Gasteiger partial charge on any atom is 0.226 e. The molecule has 0 fully saturated rings. The third kappa shape index (κ3) is 5.19. The Balaban J connectivity index is 1.32. The first-order chi connectivity index (χ1) is 15.2. The number of amides is 1. The number of nitrogens with zero attached hydrogens (tertiary/aromatic N) is 2. The molecule has 4 aromatic rings. The highest BCUT2D eigenvalue weighted by atomic mass is 16.5. The van der Waals surface area contributed by atoms with Crippen LogP contribution in [0.25, 0.3) is 11.4 Å². The van der Waals surface area contributed by atoms with E-state index in [0.717, 1.165) is 16.9 Å². The van der Waals surface area contributed by atoms with Gasteiger partial charge < -0.3 is 19.0 Å². The molecule has 1 atom stereocenters. The summed E-state index contributed by atoms with van der Waals surface area (Å²) in [5, 5.41) is 7.07. The Hall–Kier alpha value is -3.87. The summed E-state index contributed by atoms with van der Waals surface area (Å²) in [7, 11) is 1.62. The summed E-state index contributed by atoms with van der Waals surface area (Å²) in [5.74, 6) is 2.41. The lowest BCUT2D eigenvalue weighted by atomic mass is 10.0. The van der Waals surface area contributed by atoms with Crippen LogP contribution in [0, 0.1) is 0 Å². The SMILES string of the molecule is COc1ccc(-c2noc(CCCC(=O)NC(c3ccccc3)c3ccco3)n2)cc1. The van der Waals surface area contributed by atoms with E-state index in [2.05, 4.69) is 15.5 Å². The van der Waals surface area contributed by atoms with Gasteiger partial charge >= 0.3 is 0 Å². The summed E-state index contributed by atoms with van der Waals surface area (Å²) in [6.07, 6.45) is 3.06. The molecule has 1 amide bonds. The normalized spacial score (nSPS) is 11.8. The predicted octanol–water partition coefficient (Wildman–Crippen LogP) is 4.57. The van der Waals surface area contributed by atoms with E-state index in [0.29, 0.717) is 36.7 Å². The Labute approximate surface area is 180 Å². The van der Waals surface area contributed by atoms with Gasteiger partial charge in [-0.25, -0.2) is 0 Å². The number of nitrogens with one attached hydrogen (secondary N) is 1. The lowest BCUT2D eigenvalue weighted by Gasteiger charge is -2.17. The van der Waals surface area contributed by atoms with Crippen molar-refractivity contribution >= 4 is 5.91 Å². The number of benzene rings is 2. The molecule has 4 rings (SSSR count). The van der Waals surface area contributed by atoms with Crippen molar-refractivity contribution in [1.29, 1.82) is 0 Å². The van der Waals surface area contributed by atoms with Crippen molar-refractivity contribution in [1.82, 2.24) is 15.5 Å². The number of rotatable bonds is 9. The van der Waals surface area contributed by atoms with Gasteiger partial charge in [0.2, 0.25) is 17.6 Å². The van der Waals surface area contributed by atoms with Crippen molar-refractivity contribution in [3.63, 3.8) is 0 Å². The molecular weight excluding hydrogens is 394 g/mol. The minimum absolute atomic E-state index is 0.0693. The lowest BCUT2D eigenvalue weighted by Crippen LogP contribution is -2.28. The van der Waals surface area contributed by atoms with Crippen LogP contribution in [0.3, 0.4) is 0 Å². The third-order valence-electron chi connectivity index (χ3n) is 4.88. The maximum absolute atomic E-state index is 12.6.